The molecule has 0 saturated carbocycles. The molecular formula is C29H22N2O5. The van der Waals surface area contributed by atoms with Gasteiger partial charge in [0, 0.05) is 17.3 Å². The van der Waals surface area contributed by atoms with Crippen molar-refractivity contribution >= 4 is 35.0 Å². The third-order valence-corrected chi connectivity index (χ3v) is 7.53. The van der Waals surface area contributed by atoms with Crippen LogP contribution in [0.1, 0.15) is 15.9 Å². The van der Waals surface area contributed by atoms with Gasteiger partial charge in [-0.15, -0.1) is 0 Å². The van der Waals surface area contributed by atoms with Crippen LogP contribution >= 0.6 is 0 Å². The van der Waals surface area contributed by atoms with Gasteiger partial charge in [0.1, 0.15) is 19.3 Å². The van der Waals surface area contributed by atoms with Crippen LogP contribution in [0, 0.1) is 11.8 Å². The molecule has 3 aromatic rings. The first-order valence-corrected chi connectivity index (χ1v) is 12.1. The van der Waals surface area contributed by atoms with Crippen LogP contribution in [-0.2, 0) is 9.59 Å². The average Bonchev–Trinajstić information content (AvgIpc) is 3.41. The van der Waals surface area contributed by atoms with Crippen LogP contribution < -0.4 is 19.3 Å². The number of rotatable bonds is 3. The van der Waals surface area contributed by atoms with E-state index in [2.05, 4.69) is 0 Å². The fraction of sp³-hybridized carbons (Fsp3) is 0.207. The highest BCUT2D eigenvalue weighted by atomic mass is 16.6. The van der Waals surface area contributed by atoms with Crippen molar-refractivity contribution in [3.8, 4) is 11.5 Å². The van der Waals surface area contributed by atoms with Crippen molar-refractivity contribution in [1.29, 1.82) is 0 Å². The van der Waals surface area contributed by atoms with E-state index in [0.717, 1.165) is 11.3 Å². The molecule has 4 unspecified atom stereocenters. The Morgan fingerprint density at radius 2 is 1.53 bits per heavy atom. The van der Waals surface area contributed by atoms with Gasteiger partial charge >= 0.3 is 0 Å². The average molecular weight is 479 g/mol. The number of para-hydroxylation sites is 1. The van der Waals surface area contributed by atoms with Crippen LogP contribution in [0.4, 0.5) is 11.4 Å². The van der Waals surface area contributed by atoms with E-state index in [9.17, 15) is 14.4 Å². The summed E-state index contributed by atoms with van der Waals surface area (Å²) >= 11 is 0. The molecule has 3 aromatic carbocycles. The lowest BCUT2D eigenvalue weighted by atomic mass is 9.86. The Balaban J connectivity index is 1.34. The van der Waals surface area contributed by atoms with E-state index in [1.165, 1.54) is 4.90 Å². The van der Waals surface area contributed by atoms with Crippen LogP contribution in [0.2, 0.25) is 0 Å². The van der Waals surface area contributed by atoms with E-state index in [-0.39, 0.29) is 17.6 Å². The molecule has 0 aromatic heterocycles. The molecule has 0 spiro atoms. The molecule has 2 amide bonds. The highest BCUT2D eigenvalue weighted by Crippen LogP contribution is 2.50. The quantitative estimate of drug-likeness (QED) is 0.422. The number of imide groups is 1. The van der Waals surface area contributed by atoms with E-state index >= 15 is 0 Å². The summed E-state index contributed by atoms with van der Waals surface area (Å²) in [5.74, 6) is -1.23. The number of carbonyl (C=O) groups is 3. The van der Waals surface area contributed by atoms with E-state index in [1.807, 2.05) is 59.5 Å². The largest absolute Gasteiger partial charge is 0.486 e. The normalized spacial score (nSPS) is 25.4. The molecule has 2 fully saturated rings. The van der Waals surface area contributed by atoms with E-state index < -0.39 is 23.9 Å². The number of Topliss-reactive ketones (excluding diaryl/α,β-unsaturated/α-hetero) is 1. The number of nitrogens with zero attached hydrogens (tertiary/aromatic N) is 2. The SMILES string of the molecule is O=C(c1ccccc1)C1C2C(=O)N(c3ccc4c(c3)OCCO4)C(=O)C2C2C=Cc3ccccc3N21. The van der Waals surface area contributed by atoms with Gasteiger partial charge in [-0.3, -0.25) is 14.4 Å². The summed E-state index contributed by atoms with van der Waals surface area (Å²) in [4.78, 5) is 45.1. The predicted octanol–water partition coefficient (Wildman–Crippen LogP) is 3.73. The molecule has 4 heterocycles. The highest BCUT2D eigenvalue weighted by Gasteiger charge is 2.64. The Morgan fingerprint density at radius 3 is 2.36 bits per heavy atom. The monoisotopic (exact) mass is 478 g/mol. The number of fused-ring (bicyclic) bond motifs is 6. The Labute approximate surface area is 207 Å². The number of ketones is 1. The van der Waals surface area contributed by atoms with Gasteiger partial charge < -0.3 is 14.4 Å². The smallest absolute Gasteiger partial charge is 0.240 e. The lowest BCUT2D eigenvalue weighted by molar-refractivity contribution is -0.122. The number of ether oxygens (including phenoxy) is 2. The highest BCUT2D eigenvalue weighted by molar-refractivity contribution is 6.25. The van der Waals surface area contributed by atoms with Crippen LogP contribution in [0.15, 0.2) is 78.9 Å². The van der Waals surface area contributed by atoms with Crippen LogP contribution in [0.3, 0.4) is 0 Å². The van der Waals surface area contributed by atoms with Crippen molar-refractivity contribution in [3.05, 3.63) is 90.0 Å². The molecule has 36 heavy (non-hydrogen) atoms. The Bertz CT molecular complexity index is 1450. The fourth-order valence-corrected chi connectivity index (χ4v) is 6.01. The lowest BCUT2D eigenvalue weighted by Gasteiger charge is -2.36. The van der Waals surface area contributed by atoms with Gasteiger partial charge in [0.05, 0.1) is 23.6 Å². The number of hydrogen-bond acceptors (Lipinski definition) is 6. The van der Waals surface area contributed by atoms with Gasteiger partial charge in [0.25, 0.3) is 0 Å². The van der Waals surface area contributed by atoms with Gasteiger partial charge in [0.15, 0.2) is 17.3 Å². The van der Waals surface area contributed by atoms with Crippen molar-refractivity contribution in [2.75, 3.05) is 23.0 Å². The molecule has 7 rings (SSSR count). The van der Waals surface area contributed by atoms with Gasteiger partial charge in [-0.2, -0.15) is 0 Å². The standard InChI is InChI=1S/C29H22N2O5/c32-27(18-7-2-1-3-8-18)26-25-24(21-12-10-17-6-4-5-9-20(17)31(21)26)28(33)30(29(25)34)19-11-13-22-23(16-19)36-15-14-35-22/h1-13,16,21,24-26H,14-15H2. The van der Waals surface area contributed by atoms with Gasteiger partial charge in [-0.25, -0.2) is 4.90 Å². The molecule has 0 aliphatic carbocycles. The second kappa shape index (κ2) is 7.81. The molecule has 0 N–H and O–H groups in total. The summed E-state index contributed by atoms with van der Waals surface area (Å²) in [5.41, 5.74) is 2.77. The summed E-state index contributed by atoms with van der Waals surface area (Å²) in [6.07, 6.45) is 3.93. The third kappa shape index (κ3) is 2.89. The summed E-state index contributed by atoms with van der Waals surface area (Å²) in [7, 11) is 0. The minimum absolute atomic E-state index is 0.164. The number of anilines is 2. The molecule has 7 heteroatoms. The first kappa shape index (κ1) is 20.9. The number of amides is 2. The zero-order valence-electron chi connectivity index (χ0n) is 19.2. The van der Waals surface area contributed by atoms with Crippen molar-refractivity contribution < 1.29 is 23.9 Å². The molecule has 2 saturated heterocycles. The molecular weight excluding hydrogens is 456 g/mol. The van der Waals surface area contributed by atoms with Crippen molar-refractivity contribution in [3.63, 3.8) is 0 Å². The maximum Gasteiger partial charge on any atom is 0.240 e. The number of benzene rings is 3. The van der Waals surface area contributed by atoms with Gasteiger partial charge in [0.2, 0.25) is 11.8 Å². The minimum atomic E-state index is -0.806. The third-order valence-electron chi connectivity index (χ3n) is 7.53. The molecule has 4 aliphatic heterocycles. The topological polar surface area (TPSA) is 76.1 Å². The zero-order chi connectivity index (χ0) is 24.4. The maximum absolute atomic E-state index is 14.0. The van der Waals surface area contributed by atoms with Crippen LogP contribution in [0.25, 0.3) is 6.08 Å². The van der Waals surface area contributed by atoms with E-state index in [1.54, 1.807) is 30.3 Å². The maximum atomic E-state index is 14.0. The van der Waals surface area contributed by atoms with Crippen molar-refractivity contribution in [2.24, 2.45) is 11.8 Å². The number of carbonyl (C=O) groups excluding carboxylic acids is 3. The molecule has 178 valence electrons. The zero-order valence-corrected chi connectivity index (χ0v) is 19.2. The second-order valence-corrected chi connectivity index (χ2v) is 9.38. The summed E-state index contributed by atoms with van der Waals surface area (Å²) in [6, 6.07) is 20.7. The van der Waals surface area contributed by atoms with Crippen LogP contribution in [-0.4, -0.2) is 42.9 Å². The molecule has 0 radical (unpaired) electrons. The summed E-state index contributed by atoms with van der Waals surface area (Å²) < 4.78 is 11.3. The Hall–Kier alpha value is -4.39. The molecule has 4 aliphatic rings. The molecule has 0 bridgehead atoms. The lowest BCUT2D eigenvalue weighted by Crippen LogP contribution is -2.48. The first-order chi connectivity index (χ1) is 17.6. The second-order valence-electron chi connectivity index (χ2n) is 9.38. The Kier molecular flexibility index (Phi) is 4.54. The van der Waals surface area contributed by atoms with E-state index in [0.29, 0.717) is 36.0 Å². The predicted molar refractivity (Wildman–Crippen MR) is 133 cm³/mol. The summed E-state index contributed by atoms with van der Waals surface area (Å²) in [6.45, 7) is 0.852. The fourth-order valence-electron chi connectivity index (χ4n) is 6.01. The van der Waals surface area contributed by atoms with Crippen LogP contribution in [0.5, 0.6) is 11.5 Å². The van der Waals surface area contributed by atoms with Gasteiger partial charge in [-0.05, 0) is 23.8 Å². The summed E-state index contributed by atoms with van der Waals surface area (Å²) in [5, 5.41) is 0. The van der Waals surface area contributed by atoms with Crippen molar-refractivity contribution in [2.45, 2.75) is 12.1 Å². The first-order valence-electron chi connectivity index (χ1n) is 12.1. The Morgan fingerprint density at radius 1 is 0.806 bits per heavy atom. The number of hydrogen-bond donors (Lipinski definition) is 0. The van der Waals surface area contributed by atoms with Gasteiger partial charge in [-0.1, -0.05) is 60.7 Å². The molecule has 7 nitrogen and oxygen atoms in total. The molecule has 4 atom stereocenters. The minimum Gasteiger partial charge on any atom is -0.486 e. The van der Waals surface area contributed by atoms with Crippen molar-refractivity contribution in [1.82, 2.24) is 0 Å². The van der Waals surface area contributed by atoms with E-state index in [4.69, 9.17) is 9.47 Å².